The van der Waals surface area contributed by atoms with Crippen molar-refractivity contribution >= 4 is 39.2 Å². The van der Waals surface area contributed by atoms with E-state index in [9.17, 15) is 27.9 Å². The van der Waals surface area contributed by atoms with Crippen LogP contribution in [-0.4, -0.2) is 59.5 Å². The first-order chi connectivity index (χ1) is 18.7. The molecule has 1 saturated heterocycles. The number of hydrogen-bond acceptors (Lipinski definition) is 6. The summed E-state index contributed by atoms with van der Waals surface area (Å²) in [5.41, 5.74) is 0.571. The molecule has 9 nitrogen and oxygen atoms in total. The molecule has 200 valence electrons. The summed E-state index contributed by atoms with van der Waals surface area (Å²) in [6.07, 6.45) is 0. The van der Waals surface area contributed by atoms with Gasteiger partial charge in [0.15, 0.2) is 21.8 Å². The molecule has 0 aliphatic carbocycles. The lowest BCUT2D eigenvalue weighted by molar-refractivity contribution is -0.151. The third-order valence-electron chi connectivity index (χ3n) is 6.70. The predicted octanol–water partition coefficient (Wildman–Crippen LogP) is 2.88. The highest BCUT2D eigenvalue weighted by Crippen LogP contribution is 2.48. The summed E-state index contributed by atoms with van der Waals surface area (Å²) in [6, 6.07) is 24.4. The molecule has 0 radical (unpaired) electrons. The van der Waals surface area contributed by atoms with Crippen LogP contribution < -0.4 is 10.1 Å². The van der Waals surface area contributed by atoms with E-state index in [1.807, 2.05) is 0 Å². The van der Waals surface area contributed by atoms with Gasteiger partial charge in [-0.1, -0.05) is 90.5 Å². The maximum atomic E-state index is 14.2. The number of carboxylic acids is 1. The number of carboxylic acid groups (broad SMARTS) is 1. The molecule has 1 unspecified atom stereocenters. The van der Waals surface area contributed by atoms with E-state index in [1.165, 1.54) is 0 Å². The van der Waals surface area contributed by atoms with Gasteiger partial charge in [0.1, 0.15) is 22.7 Å². The van der Waals surface area contributed by atoms with Gasteiger partial charge >= 0.3 is 5.97 Å². The summed E-state index contributed by atoms with van der Waals surface area (Å²) in [4.78, 5) is 38.6. The Kier molecular flexibility index (Phi) is 7.16. The van der Waals surface area contributed by atoms with Crippen LogP contribution in [0.2, 0.25) is 0 Å². The Morgan fingerprint density at radius 2 is 1.44 bits per heavy atom. The van der Waals surface area contributed by atoms with E-state index in [0.717, 1.165) is 0 Å². The average Bonchev–Trinajstić information content (AvgIpc) is 2.94. The summed E-state index contributed by atoms with van der Waals surface area (Å²) in [6.45, 7) is -0.469. The zero-order chi connectivity index (χ0) is 27.7. The molecule has 0 spiro atoms. The van der Waals surface area contributed by atoms with Crippen molar-refractivity contribution in [2.24, 2.45) is 0 Å². The molecule has 2 aliphatic rings. The number of para-hydroxylation sites is 1. The van der Waals surface area contributed by atoms with Crippen LogP contribution in [0.4, 0.5) is 0 Å². The number of benzene rings is 3. The van der Waals surface area contributed by atoms with Crippen LogP contribution in [0.5, 0.6) is 5.75 Å². The predicted molar refractivity (Wildman–Crippen MR) is 142 cm³/mol. The second-order valence-electron chi connectivity index (χ2n) is 9.06. The molecule has 0 saturated carbocycles. The molecule has 0 aromatic heterocycles. The van der Waals surface area contributed by atoms with E-state index >= 15 is 0 Å². The van der Waals surface area contributed by atoms with Crippen LogP contribution in [0.1, 0.15) is 17.0 Å². The van der Waals surface area contributed by atoms with Crippen molar-refractivity contribution in [2.75, 3.05) is 6.61 Å². The number of sulfone groups is 1. The number of nitrogens with one attached hydrogen (secondary N) is 1. The Balaban J connectivity index is 1.53. The highest BCUT2D eigenvalue weighted by molar-refractivity contribution is 7.93. The quantitative estimate of drug-likeness (QED) is 0.401. The van der Waals surface area contributed by atoms with Crippen molar-refractivity contribution in [1.29, 1.82) is 0 Å². The van der Waals surface area contributed by atoms with Crippen LogP contribution in [0.15, 0.2) is 102 Å². The van der Waals surface area contributed by atoms with Gasteiger partial charge in [-0.05, 0) is 23.3 Å². The summed E-state index contributed by atoms with van der Waals surface area (Å²) in [7, 11) is -4.37. The van der Waals surface area contributed by atoms with Crippen LogP contribution >= 0.6 is 11.6 Å². The second kappa shape index (κ2) is 10.5. The monoisotopic (exact) mass is 566 g/mol. The van der Waals surface area contributed by atoms with Crippen molar-refractivity contribution in [3.05, 3.63) is 113 Å². The normalized spacial score (nSPS) is 21.6. The minimum Gasteiger partial charge on any atom is -0.484 e. The van der Waals surface area contributed by atoms with Gasteiger partial charge in [0.2, 0.25) is 0 Å². The molecule has 2 heterocycles. The molecule has 2 aliphatic heterocycles. The number of hydrogen-bond donors (Lipinski definition) is 2. The maximum Gasteiger partial charge on any atom is 0.353 e. The molecule has 3 atom stereocenters. The number of carbonyl (C=O) groups is 3. The van der Waals surface area contributed by atoms with E-state index in [4.69, 9.17) is 16.3 Å². The summed E-state index contributed by atoms with van der Waals surface area (Å²) >= 11 is 6.57. The fourth-order valence-corrected chi connectivity index (χ4v) is 8.13. The van der Waals surface area contributed by atoms with Gasteiger partial charge in [-0.25, -0.2) is 13.2 Å². The molecular weight excluding hydrogens is 544 g/mol. The minimum absolute atomic E-state index is 0.413. The Morgan fingerprint density at radius 1 is 0.923 bits per heavy atom. The largest absolute Gasteiger partial charge is 0.484 e. The Morgan fingerprint density at radius 3 is 1.95 bits per heavy atom. The molecule has 0 bridgehead atoms. The van der Waals surface area contributed by atoms with Gasteiger partial charge in [-0.15, -0.1) is 0 Å². The number of halogens is 1. The zero-order valence-corrected chi connectivity index (χ0v) is 21.9. The van der Waals surface area contributed by atoms with E-state index in [-0.39, 0.29) is 0 Å². The second-order valence-corrected chi connectivity index (χ2v) is 11.6. The number of ether oxygens (including phenoxy) is 1. The zero-order valence-electron chi connectivity index (χ0n) is 20.3. The van der Waals surface area contributed by atoms with Crippen LogP contribution in [0.3, 0.4) is 0 Å². The molecular formula is C28H23ClN2O7S. The van der Waals surface area contributed by atoms with E-state index in [1.54, 1.807) is 91.0 Å². The number of fused-ring (bicyclic) bond motifs is 1. The number of carbonyl (C=O) groups excluding carboxylic acids is 2. The fraction of sp³-hybridized carbons (Fsp3) is 0.179. The van der Waals surface area contributed by atoms with Gasteiger partial charge in [0.05, 0.1) is 5.03 Å². The molecule has 1 fully saturated rings. The molecule has 39 heavy (non-hydrogen) atoms. The highest BCUT2D eigenvalue weighted by atomic mass is 35.5. The molecule has 3 aromatic carbocycles. The number of nitrogens with zero attached hydrogens (tertiary/aromatic N) is 1. The van der Waals surface area contributed by atoms with E-state index < -0.39 is 67.5 Å². The smallest absolute Gasteiger partial charge is 0.353 e. The standard InChI is InChI=1S/C28H23ClN2O7S/c29-22-24(28(34)35)31-26(33)23(30-20(32)16-38-19-14-8-3-9-15-19)27(31)39(36,37)25(22)21(17-10-4-1-5-11-17)18-12-6-2-7-13-18/h1-15,21,23,25,27H,16H2,(H,30,32)(H,34,35)/t23-,25?,27-/m1/s1. The number of aliphatic carboxylic acids is 1. The van der Waals surface area contributed by atoms with Crippen LogP contribution in [-0.2, 0) is 24.2 Å². The first-order valence-electron chi connectivity index (χ1n) is 12.0. The fourth-order valence-electron chi connectivity index (χ4n) is 5.00. The van der Waals surface area contributed by atoms with Crippen molar-refractivity contribution < 1.29 is 32.6 Å². The number of β-lactam (4-membered cyclic amide) rings is 1. The van der Waals surface area contributed by atoms with Crippen LogP contribution in [0.25, 0.3) is 0 Å². The lowest BCUT2D eigenvalue weighted by atomic mass is 9.87. The summed E-state index contributed by atoms with van der Waals surface area (Å²) in [5.74, 6) is -3.63. The first-order valence-corrected chi connectivity index (χ1v) is 14.0. The third-order valence-corrected chi connectivity index (χ3v) is 9.62. The Hall–Kier alpha value is -4.15. The van der Waals surface area contributed by atoms with Gasteiger partial charge in [0.25, 0.3) is 11.8 Å². The van der Waals surface area contributed by atoms with E-state index in [0.29, 0.717) is 21.8 Å². The highest BCUT2D eigenvalue weighted by Gasteiger charge is 2.64. The summed E-state index contributed by atoms with van der Waals surface area (Å²) < 4.78 is 33.7. The lowest BCUT2D eigenvalue weighted by Gasteiger charge is -2.51. The van der Waals surface area contributed by atoms with Gasteiger partial charge < -0.3 is 15.2 Å². The van der Waals surface area contributed by atoms with E-state index in [2.05, 4.69) is 5.32 Å². The molecule has 2 N–H and O–H groups in total. The third kappa shape index (κ3) is 4.77. The maximum absolute atomic E-state index is 14.2. The Bertz CT molecular complexity index is 1510. The van der Waals surface area contributed by atoms with Gasteiger partial charge in [-0.3, -0.25) is 14.5 Å². The molecule has 3 aromatic rings. The SMILES string of the molecule is O=C(COc1ccccc1)N[C@@H]1C(=O)N2C(C(=O)O)=C(Cl)C(C(c3ccccc3)c3ccccc3)S(=O)(=O)[C@H]12. The minimum atomic E-state index is -4.37. The number of rotatable bonds is 8. The summed E-state index contributed by atoms with van der Waals surface area (Å²) in [5, 5.41) is 8.76. The van der Waals surface area contributed by atoms with Crippen molar-refractivity contribution in [3.8, 4) is 5.75 Å². The first kappa shape index (κ1) is 26.5. The average molecular weight is 567 g/mol. The number of amides is 2. The van der Waals surface area contributed by atoms with Crippen molar-refractivity contribution in [3.63, 3.8) is 0 Å². The Labute approximate surface area is 229 Å². The molecule has 11 heteroatoms. The lowest BCUT2D eigenvalue weighted by Crippen LogP contribution is -2.76. The van der Waals surface area contributed by atoms with Crippen molar-refractivity contribution in [2.45, 2.75) is 22.6 Å². The van der Waals surface area contributed by atoms with Crippen LogP contribution in [0, 0.1) is 0 Å². The van der Waals surface area contributed by atoms with Gasteiger partial charge in [-0.2, -0.15) is 0 Å². The van der Waals surface area contributed by atoms with Gasteiger partial charge in [0, 0.05) is 5.92 Å². The topological polar surface area (TPSA) is 130 Å². The van der Waals surface area contributed by atoms with Crippen molar-refractivity contribution in [1.82, 2.24) is 10.2 Å². The molecule has 2 amide bonds. The molecule has 5 rings (SSSR count).